The van der Waals surface area contributed by atoms with Crippen molar-refractivity contribution >= 4 is 29.0 Å². The van der Waals surface area contributed by atoms with E-state index in [0.717, 1.165) is 10.4 Å². The molecule has 0 saturated heterocycles. The minimum atomic E-state index is -0.230. The summed E-state index contributed by atoms with van der Waals surface area (Å²) in [6.07, 6.45) is 0. The third-order valence-corrected chi connectivity index (χ3v) is 3.64. The lowest BCUT2D eigenvalue weighted by Crippen LogP contribution is -2.34. The number of rotatable bonds is 3. The van der Waals surface area contributed by atoms with Crippen molar-refractivity contribution in [2.75, 3.05) is 6.54 Å². The van der Waals surface area contributed by atoms with E-state index in [1.165, 1.54) is 0 Å². The van der Waals surface area contributed by atoms with Crippen LogP contribution in [-0.4, -0.2) is 12.6 Å². The first-order chi connectivity index (χ1) is 9.75. The van der Waals surface area contributed by atoms with E-state index in [2.05, 4.69) is 22.5 Å². The van der Waals surface area contributed by atoms with Gasteiger partial charge in [0.15, 0.2) is 0 Å². The summed E-state index contributed by atoms with van der Waals surface area (Å²) in [5, 5.41) is 8.02. The van der Waals surface area contributed by atoms with Crippen LogP contribution in [-0.2, 0) is 6.54 Å². The molecule has 0 aliphatic carbocycles. The third-order valence-electron chi connectivity index (χ3n) is 2.44. The monoisotopic (exact) mass is 304 g/mol. The van der Waals surface area contributed by atoms with E-state index >= 15 is 0 Å². The highest BCUT2D eigenvalue weighted by atomic mass is 35.5. The zero-order valence-electron chi connectivity index (χ0n) is 10.7. The van der Waals surface area contributed by atoms with Gasteiger partial charge in [0, 0.05) is 10.4 Å². The number of urea groups is 1. The van der Waals surface area contributed by atoms with Gasteiger partial charge in [-0.25, -0.2) is 4.79 Å². The predicted molar refractivity (Wildman–Crippen MR) is 82.9 cm³/mol. The van der Waals surface area contributed by atoms with Crippen molar-refractivity contribution in [3.63, 3.8) is 0 Å². The Bertz CT molecular complexity index is 629. The molecule has 0 fully saturated rings. The van der Waals surface area contributed by atoms with Crippen LogP contribution in [0, 0.1) is 11.8 Å². The second kappa shape index (κ2) is 7.59. The maximum absolute atomic E-state index is 11.5. The molecule has 1 aromatic carbocycles. The van der Waals surface area contributed by atoms with Gasteiger partial charge >= 0.3 is 6.03 Å². The van der Waals surface area contributed by atoms with Crippen LogP contribution in [0.2, 0.25) is 5.02 Å². The molecule has 3 nitrogen and oxygen atoms in total. The molecule has 0 unspecified atom stereocenters. The van der Waals surface area contributed by atoms with Gasteiger partial charge in [0.2, 0.25) is 0 Å². The molecule has 1 heterocycles. The first kappa shape index (κ1) is 14.4. The molecule has 0 saturated carbocycles. The Kier molecular flexibility index (Phi) is 5.48. The Morgan fingerprint density at radius 1 is 1.20 bits per heavy atom. The van der Waals surface area contributed by atoms with Crippen molar-refractivity contribution in [2.45, 2.75) is 6.54 Å². The first-order valence-electron chi connectivity index (χ1n) is 6.03. The van der Waals surface area contributed by atoms with Crippen molar-refractivity contribution in [1.82, 2.24) is 10.6 Å². The lowest BCUT2D eigenvalue weighted by molar-refractivity contribution is 0.242. The lowest BCUT2D eigenvalue weighted by Gasteiger charge is -2.03. The van der Waals surface area contributed by atoms with E-state index in [1.54, 1.807) is 17.4 Å². The molecule has 102 valence electrons. The fourth-order valence-electron chi connectivity index (χ4n) is 1.47. The number of halogens is 1. The summed E-state index contributed by atoms with van der Waals surface area (Å²) in [5.74, 6) is 5.78. The molecule has 0 spiro atoms. The maximum atomic E-state index is 11.5. The summed E-state index contributed by atoms with van der Waals surface area (Å²) in [6, 6.07) is 11.0. The minimum Gasteiger partial charge on any atom is -0.333 e. The van der Waals surface area contributed by atoms with Gasteiger partial charge in [0.25, 0.3) is 0 Å². The molecule has 2 N–H and O–H groups in total. The second-order valence-electron chi connectivity index (χ2n) is 3.90. The number of amides is 2. The van der Waals surface area contributed by atoms with Crippen LogP contribution < -0.4 is 10.6 Å². The second-order valence-corrected chi connectivity index (χ2v) is 5.34. The molecule has 0 radical (unpaired) electrons. The van der Waals surface area contributed by atoms with Gasteiger partial charge in [-0.3, -0.25) is 0 Å². The number of hydrogen-bond donors (Lipinski definition) is 2. The Balaban J connectivity index is 1.73. The molecular weight excluding hydrogens is 292 g/mol. The van der Waals surface area contributed by atoms with Crippen molar-refractivity contribution in [3.05, 3.63) is 57.2 Å². The Morgan fingerprint density at radius 2 is 2.05 bits per heavy atom. The molecule has 0 atom stereocenters. The molecule has 1 aromatic heterocycles. The van der Waals surface area contributed by atoms with Crippen LogP contribution in [0.3, 0.4) is 0 Å². The van der Waals surface area contributed by atoms with E-state index in [4.69, 9.17) is 11.6 Å². The lowest BCUT2D eigenvalue weighted by atomic mass is 10.2. The van der Waals surface area contributed by atoms with Crippen LogP contribution in [0.25, 0.3) is 0 Å². The SMILES string of the molecule is O=C(NCC#Cc1ccccc1Cl)NCc1cccs1. The highest BCUT2D eigenvalue weighted by molar-refractivity contribution is 7.09. The summed E-state index contributed by atoms with van der Waals surface area (Å²) >= 11 is 7.58. The quantitative estimate of drug-likeness (QED) is 0.840. The van der Waals surface area contributed by atoms with E-state index in [0.29, 0.717) is 11.6 Å². The summed E-state index contributed by atoms with van der Waals surface area (Å²) in [4.78, 5) is 12.6. The molecule has 2 rings (SSSR count). The number of carbonyl (C=O) groups excluding carboxylic acids is 1. The van der Waals surface area contributed by atoms with Crippen molar-refractivity contribution in [2.24, 2.45) is 0 Å². The van der Waals surface area contributed by atoms with Crippen molar-refractivity contribution in [3.8, 4) is 11.8 Å². The van der Waals surface area contributed by atoms with Crippen molar-refractivity contribution in [1.29, 1.82) is 0 Å². The summed E-state index contributed by atoms with van der Waals surface area (Å²) in [5.41, 5.74) is 0.759. The zero-order valence-corrected chi connectivity index (χ0v) is 12.2. The van der Waals surface area contributed by atoms with Gasteiger partial charge in [0.1, 0.15) is 0 Å². The van der Waals surface area contributed by atoms with Crippen LogP contribution in [0.15, 0.2) is 41.8 Å². The Morgan fingerprint density at radius 3 is 2.80 bits per heavy atom. The highest BCUT2D eigenvalue weighted by Gasteiger charge is 1.99. The topological polar surface area (TPSA) is 41.1 Å². The van der Waals surface area contributed by atoms with Gasteiger partial charge in [0.05, 0.1) is 18.1 Å². The van der Waals surface area contributed by atoms with E-state index < -0.39 is 0 Å². The van der Waals surface area contributed by atoms with Crippen LogP contribution in [0.1, 0.15) is 10.4 Å². The van der Waals surface area contributed by atoms with Gasteiger partial charge in [-0.2, -0.15) is 0 Å². The molecule has 0 aliphatic rings. The zero-order chi connectivity index (χ0) is 14.2. The molecule has 2 amide bonds. The summed E-state index contributed by atoms with van der Waals surface area (Å²) < 4.78 is 0. The fraction of sp³-hybridized carbons (Fsp3) is 0.133. The normalized spacial score (nSPS) is 9.45. The molecule has 0 aliphatic heterocycles. The number of thiophene rings is 1. The summed E-state index contributed by atoms with van der Waals surface area (Å²) in [6.45, 7) is 0.808. The highest BCUT2D eigenvalue weighted by Crippen LogP contribution is 2.12. The number of benzene rings is 1. The van der Waals surface area contributed by atoms with Gasteiger partial charge in [-0.05, 0) is 23.6 Å². The van der Waals surface area contributed by atoms with Crippen LogP contribution in [0.4, 0.5) is 4.79 Å². The number of hydrogen-bond acceptors (Lipinski definition) is 2. The molecule has 5 heteroatoms. The van der Waals surface area contributed by atoms with Crippen molar-refractivity contribution < 1.29 is 4.79 Å². The number of nitrogens with one attached hydrogen (secondary N) is 2. The third kappa shape index (κ3) is 4.61. The average Bonchev–Trinajstić information content (AvgIpc) is 2.96. The van der Waals surface area contributed by atoms with Gasteiger partial charge < -0.3 is 10.6 Å². The standard InChI is InChI=1S/C15H13ClN2OS/c16-14-8-2-1-5-12(14)6-3-9-17-15(19)18-11-13-7-4-10-20-13/h1-2,4-5,7-8,10H,9,11H2,(H2,17,18,19). The maximum Gasteiger partial charge on any atom is 0.315 e. The molecule has 0 bridgehead atoms. The molecule has 2 aromatic rings. The number of carbonyl (C=O) groups is 1. The first-order valence-corrected chi connectivity index (χ1v) is 7.29. The van der Waals surface area contributed by atoms with Gasteiger partial charge in [-0.15, -0.1) is 11.3 Å². The van der Waals surface area contributed by atoms with Crippen LogP contribution in [0.5, 0.6) is 0 Å². The molecular formula is C15H13ClN2OS. The van der Waals surface area contributed by atoms with E-state index in [-0.39, 0.29) is 12.6 Å². The Hall–Kier alpha value is -1.96. The van der Waals surface area contributed by atoms with Gasteiger partial charge in [-0.1, -0.05) is 41.6 Å². The molecule has 20 heavy (non-hydrogen) atoms. The summed E-state index contributed by atoms with van der Waals surface area (Å²) in [7, 11) is 0. The smallest absolute Gasteiger partial charge is 0.315 e. The van der Waals surface area contributed by atoms with E-state index in [9.17, 15) is 4.79 Å². The van der Waals surface area contributed by atoms with Crippen LogP contribution >= 0.6 is 22.9 Å². The fourth-order valence-corrected chi connectivity index (χ4v) is 2.30. The van der Waals surface area contributed by atoms with E-state index in [1.807, 2.05) is 35.7 Å². The average molecular weight is 305 g/mol. The minimum absolute atomic E-state index is 0.230. The largest absolute Gasteiger partial charge is 0.333 e. The Labute approximate surface area is 127 Å². The predicted octanol–water partition coefficient (Wildman–Crippen LogP) is 3.25.